The molecule has 0 radical (unpaired) electrons. The zero-order valence-corrected chi connectivity index (χ0v) is 16.1. The van der Waals surface area contributed by atoms with E-state index in [2.05, 4.69) is 0 Å². The Labute approximate surface area is 160 Å². The Hall–Kier alpha value is -1.11. The zero-order chi connectivity index (χ0) is 16.8. The molecule has 1 unspecified atom stereocenters. The first-order chi connectivity index (χ1) is 11.8. The van der Waals surface area contributed by atoms with Crippen LogP contribution in [-0.4, -0.2) is 48.9 Å². The second-order valence-corrected chi connectivity index (χ2v) is 7.40. The quantitative estimate of drug-likeness (QED) is 0.788. The van der Waals surface area contributed by atoms with Crippen LogP contribution in [0.2, 0.25) is 0 Å². The molecule has 25 heavy (non-hydrogen) atoms. The maximum absolute atomic E-state index is 12.4. The highest BCUT2D eigenvalue weighted by Gasteiger charge is 2.25. The minimum Gasteiger partial charge on any atom is -0.490 e. The lowest BCUT2D eigenvalue weighted by Gasteiger charge is -2.35. The number of nitrogens with zero attached hydrogens (tertiary/aromatic N) is 1. The van der Waals surface area contributed by atoms with Crippen molar-refractivity contribution in [3.8, 4) is 11.5 Å². The van der Waals surface area contributed by atoms with E-state index in [1.807, 2.05) is 23.1 Å². The summed E-state index contributed by atoms with van der Waals surface area (Å²) in [5, 5.41) is 0. The highest BCUT2D eigenvalue weighted by atomic mass is 35.5. The number of rotatable bonds is 5. The van der Waals surface area contributed by atoms with Gasteiger partial charge in [-0.1, -0.05) is 0 Å². The van der Waals surface area contributed by atoms with Crippen molar-refractivity contribution in [3.63, 3.8) is 0 Å². The third-order valence-electron chi connectivity index (χ3n) is 4.52. The summed E-state index contributed by atoms with van der Waals surface area (Å²) >= 11 is 1.69. The summed E-state index contributed by atoms with van der Waals surface area (Å²) in [6.07, 6.45) is 4.77. The molecule has 1 fully saturated rings. The zero-order valence-electron chi connectivity index (χ0n) is 14.4. The van der Waals surface area contributed by atoms with Crippen molar-refractivity contribution in [2.45, 2.75) is 43.0 Å². The average molecular weight is 387 g/mol. The predicted octanol–water partition coefficient (Wildman–Crippen LogP) is 3.09. The number of benzene rings is 1. The number of piperidine rings is 1. The third kappa shape index (κ3) is 5.43. The number of likely N-dealkylation sites (tertiary alicyclic amines) is 1. The normalized spacial score (nSPS) is 19.7. The van der Waals surface area contributed by atoms with Crippen molar-refractivity contribution < 1.29 is 14.3 Å². The summed E-state index contributed by atoms with van der Waals surface area (Å²) in [6, 6.07) is 6.24. The molecular formula is C18H27ClN2O3S. The molecule has 3 rings (SSSR count). The minimum absolute atomic E-state index is 0. The second kappa shape index (κ2) is 10.1. The van der Waals surface area contributed by atoms with E-state index in [4.69, 9.17) is 15.2 Å². The average Bonchev–Trinajstić information content (AvgIpc) is 2.86. The summed E-state index contributed by atoms with van der Waals surface area (Å²) in [5.74, 6) is 2.62. The summed E-state index contributed by atoms with van der Waals surface area (Å²) in [6.45, 7) is 2.82. The number of hydrogen-bond acceptors (Lipinski definition) is 5. The molecule has 2 aliphatic heterocycles. The number of ether oxygens (including phenoxy) is 2. The first-order valence-electron chi connectivity index (χ1n) is 8.80. The lowest BCUT2D eigenvalue weighted by molar-refractivity contribution is -0.134. The van der Waals surface area contributed by atoms with Crippen LogP contribution < -0.4 is 15.2 Å². The van der Waals surface area contributed by atoms with Gasteiger partial charge in [-0.3, -0.25) is 4.79 Å². The maximum Gasteiger partial charge on any atom is 0.223 e. The Balaban J connectivity index is 0.00000225. The van der Waals surface area contributed by atoms with Crippen molar-refractivity contribution in [2.24, 2.45) is 5.73 Å². The molecule has 1 atom stereocenters. The van der Waals surface area contributed by atoms with Gasteiger partial charge in [-0.25, -0.2) is 0 Å². The van der Waals surface area contributed by atoms with Gasteiger partial charge in [-0.15, -0.1) is 24.2 Å². The van der Waals surface area contributed by atoms with Crippen molar-refractivity contribution in [1.82, 2.24) is 4.90 Å². The number of carbonyl (C=O) groups is 1. The first-order valence-corrected chi connectivity index (χ1v) is 9.78. The summed E-state index contributed by atoms with van der Waals surface area (Å²) < 4.78 is 11.4. The highest BCUT2D eigenvalue weighted by molar-refractivity contribution is 7.99. The van der Waals surface area contributed by atoms with E-state index in [1.54, 1.807) is 11.8 Å². The van der Waals surface area contributed by atoms with E-state index in [0.29, 0.717) is 26.2 Å². The number of amides is 1. The molecule has 1 amide bonds. The summed E-state index contributed by atoms with van der Waals surface area (Å²) in [7, 11) is 0. The molecule has 0 aromatic heterocycles. The lowest BCUT2D eigenvalue weighted by atomic mass is 10.0. The van der Waals surface area contributed by atoms with Crippen LogP contribution in [0.1, 0.15) is 32.1 Å². The van der Waals surface area contributed by atoms with Gasteiger partial charge in [-0.2, -0.15) is 0 Å². The highest BCUT2D eigenvalue weighted by Crippen LogP contribution is 2.34. The largest absolute Gasteiger partial charge is 0.490 e. The number of thioether (sulfide) groups is 1. The van der Waals surface area contributed by atoms with Crippen LogP contribution in [0, 0.1) is 0 Å². The van der Waals surface area contributed by atoms with E-state index >= 15 is 0 Å². The molecule has 0 aliphatic carbocycles. The van der Waals surface area contributed by atoms with Crippen LogP contribution in [0.25, 0.3) is 0 Å². The monoisotopic (exact) mass is 386 g/mol. The SMILES string of the molecule is Cl.NCC1CCCCN1C(=O)CCSc1ccc2c(c1)OCCCO2. The van der Waals surface area contributed by atoms with Gasteiger partial charge in [0, 0.05) is 42.6 Å². The number of carbonyl (C=O) groups excluding carboxylic acids is 1. The molecule has 2 aliphatic rings. The van der Waals surface area contributed by atoms with Gasteiger partial charge < -0.3 is 20.1 Å². The standard InChI is InChI=1S/C18H26N2O3S.ClH/c19-13-14-4-1-2-8-20(14)18(21)7-11-24-15-5-6-16-17(12-15)23-10-3-9-22-16;/h5-6,12,14H,1-4,7-11,13,19H2;1H. The molecular weight excluding hydrogens is 360 g/mol. The van der Waals surface area contributed by atoms with Crippen molar-refractivity contribution in [3.05, 3.63) is 18.2 Å². The fourth-order valence-electron chi connectivity index (χ4n) is 3.21. The van der Waals surface area contributed by atoms with E-state index in [1.165, 1.54) is 6.42 Å². The van der Waals surface area contributed by atoms with E-state index in [0.717, 1.165) is 48.0 Å². The number of hydrogen-bond donors (Lipinski definition) is 1. The number of halogens is 1. The number of fused-ring (bicyclic) bond motifs is 1. The molecule has 1 aromatic rings. The van der Waals surface area contributed by atoms with Gasteiger partial charge in [0.15, 0.2) is 11.5 Å². The Bertz CT molecular complexity index is 573. The summed E-state index contributed by atoms with van der Waals surface area (Å²) in [4.78, 5) is 15.5. The molecule has 2 N–H and O–H groups in total. The van der Waals surface area contributed by atoms with Gasteiger partial charge in [-0.05, 0) is 37.5 Å². The molecule has 140 valence electrons. The van der Waals surface area contributed by atoms with Crippen molar-refractivity contribution in [2.75, 3.05) is 32.1 Å². The maximum atomic E-state index is 12.4. The van der Waals surface area contributed by atoms with Gasteiger partial charge in [0.2, 0.25) is 5.91 Å². The Morgan fingerprint density at radius 2 is 2.00 bits per heavy atom. The van der Waals surface area contributed by atoms with E-state index in [-0.39, 0.29) is 24.4 Å². The lowest BCUT2D eigenvalue weighted by Crippen LogP contribution is -2.47. The fourth-order valence-corrected chi connectivity index (χ4v) is 4.07. The van der Waals surface area contributed by atoms with Crippen LogP contribution in [-0.2, 0) is 4.79 Å². The third-order valence-corrected chi connectivity index (χ3v) is 5.52. The number of nitrogens with two attached hydrogens (primary N) is 1. The van der Waals surface area contributed by atoms with E-state index in [9.17, 15) is 4.79 Å². The molecule has 1 aromatic carbocycles. The Morgan fingerprint density at radius 1 is 1.20 bits per heavy atom. The van der Waals surface area contributed by atoms with Gasteiger partial charge in [0.25, 0.3) is 0 Å². The molecule has 0 saturated carbocycles. The molecule has 0 bridgehead atoms. The molecule has 1 saturated heterocycles. The molecule has 5 nitrogen and oxygen atoms in total. The van der Waals surface area contributed by atoms with Crippen LogP contribution in [0.4, 0.5) is 0 Å². The van der Waals surface area contributed by atoms with Gasteiger partial charge in [0.05, 0.1) is 13.2 Å². The van der Waals surface area contributed by atoms with Crippen molar-refractivity contribution >= 4 is 30.1 Å². The molecule has 2 heterocycles. The minimum atomic E-state index is 0. The van der Waals surface area contributed by atoms with Gasteiger partial charge >= 0.3 is 0 Å². The smallest absolute Gasteiger partial charge is 0.223 e. The first kappa shape index (κ1) is 20.2. The van der Waals surface area contributed by atoms with Crippen LogP contribution >= 0.6 is 24.2 Å². The second-order valence-electron chi connectivity index (χ2n) is 6.23. The fraction of sp³-hybridized carbons (Fsp3) is 0.611. The van der Waals surface area contributed by atoms with E-state index < -0.39 is 0 Å². The Kier molecular flexibility index (Phi) is 8.19. The van der Waals surface area contributed by atoms with Crippen molar-refractivity contribution in [1.29, 1.82) is 0 Å². The topological polar surface area (TPSA) is 64.8 Å². The van der Waals surface area contributed by atoms with Crippen LogP contribution in [0.3, 0.4) is 0 Å². The van der Waals surface area contributed by atoms with Crippen LogP contribution in [0.15, 0.2) is 23.1 Å². The van der Waals surface area contributed by atoms with Crippen LogP contribution in [0.5, 0.6) is 11.5 Å². The molecule has 0 spiro atoms. The molecule has 7 heteroatoms. The van der Waals surface area contributed by atoms with Gasteiger partial charge in [0.1, 0.15) is 0 Å². The summed E-state index contributed by atoms with van der Waals surface area (Å²) in [5.41, 5.74) is 5.80. The predicted molar refractivity (Wildman–Crippen MR) is 103 cm³/mol. The Morgan fingerprint density at radius 3 is 2.80 bits per heavy atom.